The molecule has 3 rings (SSSR count). The van der Waals surface area contributed by atoms with Crippen molar-refractivity contribution in [1.82, 2.24) is 0 Å². The molecule has 26 heavy (non-hydrogen) atoms. The number of nitrogens with zero attached hydrogens (tertiary/aromatic N) is 1. The lowest BCUT2D eigenvalue weighted by Crippen LogP contribution is -2.32. The monoisotopic (exact) mass is 379 g/mol. The first-order valence-corrected chi connectivity index (χ1v) is 10.6. The summed E-state index contributed by atoms with van der Waals surface area (Å²) in [6.45, 7) is 3.98. The number of carbonyl (C=O) groups is 2. The predicted molar refractivity (Wildman–Crippen MR) is 103 cm³/mol. The number of aliphatic hydroxyl groups excluding tert-OH is 1. The van der Waals surface area contributed by atoms with E-state index in [2.05, 4.69) is 0 Å². The van der Waals surface area contributed by atoms with Crippen LogP contribution < -0.4 is 4.90 Å². The standard InChI is InChI=1S/C20H29NO4S/c1-3-18(23)21(8-4-5-12(2)22)16-11-17(26-19(16)20(24)25)15-10-13-6-7-14(15)9-13/h11-15,22H,3-10H2,1-2H3,(H,24,25). The first-order valence-electron chi connectivity index (χ1n) is 9.76. The molecule has 1 heterocycles. The summed E-state index contributed by atoms with van der Waals surface area (Å²) >= 11 is 1.36. The summed E-state index contributed by atoms with van der Waals surface area (Å²) < 4.78 is 0. The number of amides is 1. The molecule has 1 aromatic rings. The molecule has 1 aromatic heterocycles. The highest BCUT2D eigenvalue weighted by Gasteiger charge is 2.41. The van der Waals surface area contributed by atoms with Gasteiger partial charge in [-0.1, -0.05) is 13.3 Å². The second-order valence-electron chi connectivity index (χ2n) is 7.84. The van der Waals surface area contributed by atoms with Crippen LogP contribution in [-0.2, 0) is 4.79 Å². The van der Waals surface area contributed by atoms with Gasteiger partial charge in [0.25, 0.3) is 0 Å². The number of hydrogen-bond acceptors (Lipinski definition) is 4. The quantitative estimate of drug-likeness (QED) is 0.708. The van der Waals surface area contributed by atoms with Crippen molar-refractivity contribution in [2.45, 2.75) is 70.8 Å². The van der Waals surface area contributed by atoms with Crippen molar-refractivity contribution in [2.24, 2.45) is 11.8 Å². The van der Waals surface area contributed by atoms with E-state index in [0.29, 0.717) is 43.3 Å². The minimum atomic E-state index is -0.955. The summed E-state index contributed by atoms with van der Waals surface area (Å²) in [5.74, 6) is 0.919. The van der Waals surface area contributed by atoms with Crippen LogP contribution in [0, 0.1) is 11.8 Å². The van der Waals surface area contributed by atoms with Crippen molar-refractivity contribution in [3.05, 3.63) is 15.8 Å². The molecule has 144 valence electrons. The van der Waals surface area contributed by atoms with Crippen LogP contribution in [0.4, 0.5) is 5.69 Å². The van der Waals surface area contributed by atoms with E-state index in [4.69, 9.17) is 0 Å². The van der Waals surface area contributed by atoms with Gasteiger partial charge in [-0.05, 0) is 62.8 Å². The Hall–Kier alpha value is -1.40. The number of aromatic carboxylic acids is 1. The van der Waals surface area contributed by atoms with Crippen LogP contribution in [0.1, 0.15) is 79.3 Å². The van der Waals surface area contributed by atoms with Gasteiger partial charge >= 0.3 is 5.97 Å². The molecular formula is C20H29NO4S. The number of thiophene rings is 1. The minimum Gasteiger partial charge on any atom is -0.477 e. The molecule has 2 saturated carbocycles. The van der Waals surface area contributed by atoms with E-state index in [9.17, 15) is 19.8 Å². The predicted octanol–water partition coefficient (Wildman–Crippen LogP) is 4.25. The van der Waals surface area contributed by atoms with Gasteiger partial charge in [0, 0.05) is 17.8 Å². The molecule has 6 heteroatoms. The Morgan fingerprint density at radius 3 is 2.65 bits per heavy atom. The highest BCUT2D eigenvalue weighted by atomic mass is 32.1. The average Bonchev–Trinajstić information content (AvgIpc) is 3.32. The Kier molecular flexibility index (Phi) is 6.03. The number of aliphatic hydroxyl groups is 1. The van der Waals surface area contributed by atoms with Gasteiger partial charge < -0.3 is 15.1 Å². The maximum atomic E-state index is 12.5. The number of carbonyl (C=O) groups excluding carboxylic acids is 1. The summed E-state index contributed by atoms with van der Waals surface area (Å²) in [4.78, 5) is 27.4. The smallest absolute Gasteiger partial charge is 0.348 e. The summed E-state index contributed by atoms with van der Waals surface area (Å²) in [5.41, 5.74) is 0.553. The third-order valence-corrected chi connectivity index (χ3v) is 7.17. The number of hydrogen-bond donors (Lipinski definition) is 2. The Bertz CT molecular complexity index is 669. The first-order chi connectivity index (χ1) is 12.4. The van der Waals surface area contributed by atoms with Crippen molar-refractivity contribution in [3.63, 3.8) is 0 Å². The number of fused-ring (bicyclic) bond motifs is 2. The lowest BCUT2D eigenvalue weighted by molar-refractivity contribution is -0.118. The van der Waals surface area contributed by atoms with Crippen LogP contribution in [0.15, 0.2) is 6.07 Å². The molecule has 0 saturated heterocycles. The first kappa shape index (κ1) is 19.4. The Morgan fingerprint density at radius 2 is 2.12 bits per heavy atom. The van der Waals surface area contributed by atoms with Crippen molar-refractivity contribution in [3.8, 4) is 0 Å². The van der Waals surface area contributed by atoms with E-state index in [1.165, 1.54) is 30.6 Å². The molecule has 2 aliphatic rings. The zero-order valence-corrected chi connectivity index (χ0v) is 16.4. The lowest BCUT2D eigenvalue weighted by atomic mass is 9.87. The fraction of sp³-hybridized carbons (Fsp3) is 0.700. The maximum Gasteiger partial charge on any atom is 0.348 e. The van der Waals surface area contributed by atoms with Crippen molar-refractivity contribution >= 4 is 28.9 Å². The number of carboxylic acid groups (broad SMARTS) is 1. The van der Waals surface area contributed by atoms with Crippen LogP contribution in [-0.4, -0.2) is 34.7 Å². The Labute approximate surface area is 159 Å². The molecule has 2 bridgehead atoms. The third-order valence-electron chi connectivity index (χ3n) is 5.93. The lowest BCUT2D eigenvalue weighted by Gasteiger charge is -2.23. The normalized spacial score (nSPS) is 25.4. The van der Waals surface area contributed by atoms with E-state index < -0.39 is 12.1 Å². The molecule has 0 spiro atoms. The Balaban J connectivity index is 1.87. The van der Waals surface area contributed by atoms with E-state index in [0.717, 1.165) is 17.2 Å². The molecule has 2 N–H and O–H groups in total. The van der Waals surface area contributed by atoms with Crippen molar-refractivity contribution in [1.29, 1.82) is 0 Å². The molecule has 4 atom stereocenters. The zero-order valence-electron chi connectivity index (χ0n) is 15.6. The van der Waals surface area contributed by atoms with Crippen molar-refractivity contribution in [2.75, 3.05) is 11.4 Å². The van der Waals surface area contributed by atoms with Gasteiger partial charge in [0.15, 0.2) is 0 Å². The molecule has 4 unspecified atom stereocenters. The van der Waals surface area contributed by atoms with Crippen molar-refractivity contribution < 1.29 is 19.8 Å². The number of rotatable bonds is 8. The van der Waals surface area contributed by atoms with E-state index in [1.807, 2.05) is 6.07 Å². The van der Waals surface area contributed by atoms with Gasteiger partial charge in [0.05, 0.1) is 11.8 Å². The topological polar surface area (TPSA) is 77.8 Å². The van der Waals surface area contributed by atoms with Crippen LogP contribution >= 0.6 is 11.3 Å². The second-order valence-corrected chi connectivity index (χ2v) is 8.92. The third kappa shape index (κ3) is 3.96. The van der Waals surface area contributed by atoms with Gasteiger partial charge in [-0.3, -0.25) is 4.79 Å². The molecule has 1 amide bonds. The van der Waals surface area contributed by atoms with Crippen LogP contribution in [0.25, 0.3) is 0 Å². The molecule has 5 nitrogen and oxygen atoms in total. The summed E-state index contributed by atoms with van der Waals surface area (Å²) in [6.07, 6.45) is 6.16. The number of anilines is 1. The van der Waals surface area contributed by atoms with E-state index in [-0.39, 0.29) is 10.8 Å². The maximum absolute atomic E-state index is 12.5. The van der Waals surface area contributed by atoms with Gasteiger partial charge in [-0.15, -0.1) is 11.3 Å². The van der Waals surface area contributed by atoms with Gasteiger partial charge in [0.1, 0.15) is 4.88 Å². The van der Waals surface area contributed by atoms with Gasteiger partial charge in [-0.2, -0.15) is 0 Å². The van der Waals surface area contributed by atoms with Gasteiger partial charge in [0.2, 0.25) is 5.91 Å². The highest BCUT2D eigenvalue weighted by molar-refractivity contribution is 7.14. The van der Waals surface area contributed by atoms with Crippen LogP contribution in [0.2, 0.25) is 0 Å². The fourth-order valence-electron chi connectivity index (χ4n) is 4.64. The second kappa shape index (κ2) is 8.09. The summed E-state index contributed by atoms with van der Waals surface area (Å²) in [7, 11) is 0. The molecule has 2 aliphatic carbocycles. The summed E-state index contributed by atoms with van der Waals surface area (Å²) in [6, 6.07) is 1.97. The number of carboxylic acids is 1. The molecule has 0 aromatic carbocycles. The van der Waals surface area contributed by atoms with Crippen LogP contribution in [0.3, 0.4) is 0 Å². The van der Waals surface area contributed by atoms with E-state index >= 15 is 0 Å². The minimum absolute atomic E-state index is 0.0598. The largest absolute Gasteiger partial charge is 0.477 e. The Morgan fingerprint density at radius 1 is 1.35 bits per heavy atom. The molecule has 2 fully saturated rings. The fourth-order valence-corrected chi connectivity index (χ4v) is 5.85. The molecule has 0 radical (unpaired) electrons. The summed E-state index contributed by atoms with van der Waals surface area (Å²) in [5, 5.41) is 19.2. The SMILES string of the molecule is CCC(=O)N(CCCC(C)O)c1cc(C2CC3CCC2C3)sc1C(=O)O. The average molecular weight is 380 g/mol. The van der Waals surface area contributed by atoms with Crippen LogP contribution in [0.5, 0.6) is 0 Å². The van der Waals surface area contributed by atoms with E-state index in [1.54, 1.807) is 18.7 Å². The molecular weight excluding hydrogens is 350 g/mol. The van der Waals surface area contributed by atoms with Gasteiger partial charge in [-0.25, -0.2) is 4.79 Å². The highest BCUT2D eigenvalue weighted by Crippen LogP contribution is 2.55. The molecule has 0 aliphatic heterocycles. The zero-order chi connectivity index (χ0) is 18.8.